The van der Waals surface area contributed by atoms with Gasteiger partial charge >= 0.3 is 5.97 Å². The molecule has 3 rings (SSSR count). The molecule has 0 aromatic heterocycles. The molecule has 6 heteroatoms. The van der Waals surface area contributed by atoms with E-state index in [1.807, 2.05) is 30.3 Å². The number of amides is 2. The second kappa shape index (κ2) is 8.03. The number of piperidine rings is 1. The summed E-state index contributed by atoms with van der Waals surface area (Å²) in [7, 11) is 1.70. The van der Waals surface area contributed by atoms with Gasteiger partial charge in [-0.2, -0.15) is 0 Å². The molecule has 0 saturated carbocycles. The Hall–Kier alpha value is -3.15. The second-order valence-corrected chi connectivity index (χ2v) is 6.69. The molecule has 0 spiro atoms. The Morgan fingerprint density at radius 2 is 1.59 bits per heavy atom. The zero-order valence-electron chi connectivity index (χ0n) is 15.2. The number of para-hydroxylation sites is 1. The molecule has 2 aromatic carbocycles. The summed E-state index contributed by atoms with van der Waals surface area (Å²) < 4.78 is 0. The molecule has 2 amide bonds. The van der Waals surface area contributed by atoms with Crippen molar-refractivity contribution in [2.75, 3.05) is 25.0 Å². The Balaban J connectivity index is 1.73. The molecule has 2 aromatic rings. The Morgan fingerprint density at radius 3 is 2.22 bits per heavy atom. The Bertz CT molecular complexity index is 842. The fourth-order valence-corrected chi connectivity index (χ4v) is 3.26. The predicted molar refractivity (Wildman–Crippen MR) is 102 cm³/mol. The molecule has 0 atom stereocenters. The fraction of sp³-hybridized carbons (Fsp3) is 0.286. The van der Waals surface area contributed by atoms with E-state index in [0.717, 1.165) is 5.69 Å². The van der Waals surface area contributed by atoms with Gasteiger partial charge in [0.15, 0.2) is 0 Å². The molecule has 1 heterocycles. The van der Waals surface area contributed by atoms with Crippen LogP contribution in [0.3, 0.4) is 0 Å². The highest BCUT2D eigenvalue weighted by Gasteiger charge is 2.27. The minimum absolute atomic E-state index is 0.171. The molecule has 0 aliphatic carbocycles. The van der Waals surface area contributed by atoms with Crippen LogP contribution < -0.4 is 4.90 Å². The van der Waals surface area contributed by atoms with E-state index < -0.39 is 5.97 Å². The molecule has 1 aliphatic heterocycles. The number of rotatable bonds is 4. The Kier molecular flexibility index (Phi) is 5.54. The summed E-state index contributed by atoms with van der Waals surface area (Å²) in [6, 6.07) is 16.0. The van der Waals surface area contributed by atoms with Crippen LogP contribution in [0.1, 0.15) is 33.6 Å². The normalized spacial score (nSPS) is 14.6. The average molecular weight is 366 g/mol. The molecule has 27 heavy (non-hydrogen) atoms. The lowest BCUT2D eigenvalue weighted by molar-refractivity contribution is -0.143. The largest absolute Gasteiger partial charge is 0.481 e. The molecule has 6 nitrogen and oxygen atoms in total. The number of carboxylic acid groups (broad SMARTS) is 1. The molecule has 140 valence electrons. The van der Waals surface area contributed by atoms with Gasteiger partial charge in [-0.3, -0.25) is 14.4 Å². The van der Waals surface area contributed by atoms with Crippen LogP contribution in [0.4, 0.5) is 5.69 Å². The number of hydrogen-bond acceptors (Lipinski definition) is 3. The molecular formula is C21H22N2O4. The van der Waals surface area contributed by atoms with Gasteiger partial charge in [-0.25, -0.2) is 0 Å². The molecule has 1 saturated heterocycles. The van der Waals surface area contributed by atoms with E-state index in [9.17, 15) is 14.4 Å². The van der Waals surface area contributed by atoms with Crippen LogP contribution in [-0.4, -0.2) is 47.9 Å². The number of benzene rings is 2. The van der Waals surface area contributed by atoms with Crippen molar-refractivity contribution in [1.82, 2.24) is 4.90 Å². The number of anilines is 1. The number of aliphatic carboxylic acids is 1. The lowest BCUT2D eigenvalue weighted by Crippen LogP contribution is -2.40. The summed E-state index contributed by atoms with van der Waals surface area (Å²) in [5.41, 5.74) is 1.65. The van der Waals surface area contributed by atoms with Crippen LogP contribution in [0.5, 0.6) is 0 Å². The van der Waals surface area contributed by atoms with Crippen LogP contribution in [0.15, 0.2) is 54.6 Å². The number of carboxylic acids is 1. The first-order valence-electron chi connectivity index (χ1n) is 8.92. The van der Waals surface area contributed by atoms with Gasteiger partial charge in [0.25, 0.3) is 11.8 Å². The standard InChI is InChI=1S/C21H22N2O4/c1-22(18-8-3-2-4-9-18)19(24)16-6-5-7-17(14-16)20(25)23-12-10-15(11-13-23)21(26)27/h2-9,14-15H,10-13H2,1H3,(H,26,27). The maximum Gasteiger partial charge on any atom is 0.306 e. The molecule has 1 aliphatic rings. The minimum atomic E-state index is -0.807. The highest BCUT2D eigenvalue weighted by Crippen LogP contribution is 2.20. The summed E-state index contributed by atoms with van der Waals surface area (Å²) in [5, 5.41) is 9.08. The maximum absolute atomic E-state index is 12.7. The average Bonchev–Trinajstić information content (AvgIpc) is 2.73. The molecule has 0 radical (unpaired) electrons. The van der Waals surface area contributed by atoms with E-state index in [1.165, 1.54) is 0 Å². The molecular weight excluding hydrogens is 344 g/mol. The van der Waals surface area contributed by atoms with Crippen molar-refractivity contribution in [3.8, 4) is 0 Å². The Morgan fingerprint density at radius 1 is 0.963 bits per heavy atom. The summed E-state index contributed by atoms with van der Waals surface area (Å²) in [4.78, 5) is 39.8. The van der Waals surface area contributed by atoms with Crippen LogP contribution in [0.2, 0.25) is 0 Å². The molecule has 0 bridgehead atoms. The van der Waals surface area contributed by atoms with Crippen LogP contribution >= 0.6 is 0 Å². The maximum atomic E-state index is 12.7. The predicted octanol–water partition coefficient (Wildman–Crippen LogP) is 2.90. The third kappa shape index (κ3) is 4.16. The Labute approximate surface area is 158 Å². The third-order valence-corrected chi connectivity index (χ3v) is 4.94. The van der Waals surface area contributed by atoms with E-state index in [-0.39, 0.29) is 17.7 Å². The lowest BCUT2D eigenvalue weighted by Gasteiger charge is -2.30. The number of likely N-dealkylation sites (tertiary alicyclic amines) is 1. The topological polar surface area (TPSA) is 77.9 Å². The van der Waals surface area contributed by atoms with E-state index in [4.69, 9.17) is 5.11 Å². The molecule has 1 N–H and O–H groups in total. The zero-order valence-corrected chi connectivity index (χ0v) is 15.2. The van der Waals surface area contributed by atoms with Crippen LogP contribution in [-0.2, 0) is 4.79 Å². The van der Waals surface area contributed by atoms with E-state index >= 15 is 0 Å². The highest BCUT2D eigenvalue weighted by molar-refractivity contribution is 6.07. The molecule has 1 fully saturated rings. The van der Waals surface area contributed by atoms with Gasteiger partial charge in [-0.15, -0.1) is 0 Å². The quantitative estimate of drug-likeness (QED) is 0.902. The second-order valence-electron chi connectivity index (χ2n) is 6.69. The van der Waals surface area contributed by atoms with Crippen LogP contribution in [0.25, 0.3) is 0 Å². The van der Waals surface area contributed by atoms with Gasteiger partial charge in [-0.05, 0) is 43.2 Å². The van der Waals surface area contributed by atoms with Crippen molar-refractivity contribution < 1.29 is 19.5 Å². The highest BCUT2D eigenvalue weighted by atomic mass is 16.4. The zero-order chi connectivity index (χ0) is 19.4. The van der Waals surface area contributed by atoms with Crippen molar-refractivity contribution >= 4 is 23.5 Å². The van der Waals surface area contributed by atoms with Crippen molar-refractivity contribution in [2.45, 2.75) is 12.8 Å². The van der Waals surface area contributed by atoms with E-state index in [0.29, 0.717) is 37.1 Å². The lowest BCUT2D eigenvalue weighted by atomic mass is 9.96. The van der Waals surface area contributed by atoms with Gasteiger partial charge in [0.2, 0.25) is 0 Å². The van der Waals surface area contributed by atoms with Crippen molar-refractivity contribution in [2.24, 2.45) is 5.92 Å². The van der Waals surface area contributed by atoms with Gasteiger partial charge in [0.1, 0.15) is 0 Å². The van der Waals surface area contributed by atoms with Gasteiger partial charge in [0, 0.05) is 37.0 Å². The first kappa shape index (κ1) is 18.6. The monoisotopic (exact) mass is 366 g/mol. The first-order chi connectivity index (χ1) is 13.0. The number of nitrogens with zero attached hydrogens (tertiary/aromatic N) is 2. The van der Waals surface area contributed by atoms with Crippen LogP contribution in [0, 0.1) is 5.92 Å². The van der Waals surface area contributed by atoms with Gasteiger partial charge in [-0.1, -0.05) is 24.3 Å². The third-order valence-electron chi connectivity index (χ3n) is 4.94. The fourth-order valence-electron chi connectivity index (χ4n) is 3.26. The van der Waals surface area contributed by atoms with E-state index in [1.54, 1.807) is 41.1 Å². The minimum Gasteiger partial charge on any atom is -0.481 e. The summed E-state index contributed by atoms with van der Waals surface area (Å²) in [5.74, 6) is -1.56. The molecule has 0 unspecified atom stereocenters. The van der Waals surface area contributed by atoms with Gasteiger partial charge < -0.3 is 14.9 Å². The van der Waals surface area contributed by atoms with Crippen molar-refractivity contribution in [1.29, 1.82) is 0 Å². The van der Waals surface area contributed by atoms with Crippen molar-refractivity contribution in [3.63, 3.8) is 0 Å². The first-order valence-corrected chi connectivity index (χ1v) is 8.92. The SMILES string of the molecule is CN(C(=O)c1cccc(C(=O)N2CCC(C(=O)O)CC2)c1)c1ccccc1. The summed E-state index contributed by atoms with van der Waals surface area (Å²) in [6.07, 6.45) is 0.910. The summed E-state index contributed by atoms with van der Waals surface area (Å²) >= 11 is 0. The number of carbonyl (C=O) groups excluding carboxylic acids is 2. The number of carbonyl (C=O) groups is 3. The van der Waals surface area contributed by atoms with E-state index in [2.05, 4.69) is 0 Å². The van der Waals surface area contributed by atoms with Crippen molar-refractivity contribution in [3.05, 3.63) is 65.7 Å². The summed E-state index contributed by atoms with van der Waals surface area (Å²) in [6.45, 7) is 0.829. The van der Waals surface area contributed by atoms with Gasteiger partial charge in [0.05, 0.1) is 5.92 Å². The smallest absolute Gasteiger partial charge is 0.306 e. The number of hydrogen-bond donors (Lipinski definition) is 1.